The minimum absolute atomic E-state index is 0.273. The molecule has 1 aliphatic rings. The van der Waals surface area contributed by atoms with E-state index >= 15 is 0 Å². The average Bonchev–Trinajstić information content (AvgIpc) is 3.32. The average molecular weight is 469 g/mol. The Bertz CT molecular complexity index is 1400. The zero-order valence-corrected chi connectivity index (χ0v) is 19.5. The van der Waals surface area contributed by atoms with Crippen molar-refractivity contribution in [1.82, 2.24) is 19.7 Å². The number of ether oxygens (including phenoxy) is 2. The Morgan fingerprint density at radius 3 is 2.54 bits per heavy atom. The summed E-state index contributed by atoms with van der Waals surface area (Å²) in [6.45, 7) is 1.85. The van der Waals surface area contributed by atoms with Crippen LogP contribution in [0.25, 0.3) is 11.4 Å². The highest BCUT2D eigenvalue weighted by Crippen LogP contribution is 2.39. The number of allylic oxidation sites excluding steroid dienone is 1. The molecule has 2 aromatic carbocycles. The highest BCUT2D eigenvalue weighted by molar-refractivity contribution is 6.06. The predicted molar refractivity (Wildman–Crippen MR) is 132 cm³/mol. The van der Waals surface area contributed by atoms with Gasteiger partial charge in [-0.25, -0.2) is 4.68 Å². The SMILES string of the molecule is COc1ccc([C@@H]2C(C(=O)Nc3cccnc3)=C(C)Nc3nc(-c4ccccc4)nn32)cc1OC. The van der Waals surface area contributed by atoms with Crippen LogP contribution in [-0.2, 0) is 4.79 Å². The van der Waals surface area contributed by atoms with E-state index in [1.165, 1.54) is 0 Å². The molecule has 0 unspecified atom stereocenters. The van der Waals surface area contributed by atoms with E-state index in [9.17, 15) is 4.79 Å². The molecule has 3 heterocycles. The number of methoxy groups -OCH3 is 2. The fourth-order valence-electron chi connectivity index (χ4n) is 4.12. The molecule has 176 valence electrons. The molecule has 0 bridgehead atoms. The number of fused-ring (bicyclic) bond motifs is 1. The maximum Gasteiger partial charge on any atom is 0.255 e. The van der Waals surface area contributed by atoms with Crippen LogP contribution in [-0.4, -0.2) is 39.9 Å². The molecule has 1 atom stereocenters. The second kappa shape index (κ2) is 9.30. The third-order valence-electron chi connectivity index (χ3n) is 5.77. The Kier molecular flexibility index (Phi) is 5.88. The van der Waals surface area contributed by atoms with E-state index < -0.39 is 6.04 Å². The molecule has 9 nitrogen and oxygen atoms in total. The normalized spacial score (nSPS) is 14.7. The first-order valence-electron chi connectivity index (χ1n) is 11.0. The van der Waals surface area contributed by atoms with Crippen molar-refractivity contribution < 1.29 is 14.3 Å². The maximum absolute atomic E-state index is 13.6. The van der Waals surface area contributed by atoms with E-state index in [1.54, 1.807) is 43.4 Å². The smallest absolute Gasteiger partial charge is 0.255 e. The number of amides is 1. The van der Waals surface area contributed by atoms with Crippen LogP contribution in [0, 0.1) is 0 Å². The molecule has 1 amide bonds. The zero-order chi connectivity index (χ0) is 24.4. The summed E-state index contributed by atoms with van der Waals surface area (Å²) in [6, 6.07) is 18.3. The Labute approximate surface area is 202 Å². The monoisotopic (exact) mass is 468 g/mol. The van der Waals surface area contributed by atoms with E-state index in [2.05, 4.69) is 15.6 Å². The van der Waals surface area contributed by atoms with Gasteiger partial charge in [0.2, 0.25) is 5.95 Å². The third kappa shape index (κ3) is 4.19. The van der Waals surface area contributed by atoms with Crippen LogP contribution < -0.4 is 20.1 Å². The summed E-state index contributed by atoms with van der Waals surface area (Å²) in [5.74, 6) is 1.97. The zero-order valence-electron chi connectivity index (χ0n) is 19.5. The number of hydrogen-bond donors (Lipinski definition) is 2. The van der Waals surface area contributed by atoms with Crippen LogP contribution in [0.5, 0.6) is 11.5 Å². The number of carbonyl (C=O) groups is 1. The first-order valence-corrected chi connectivity index (χ1v) is 11.0. The summed E-state index contributed by atoms with van der Waals surface area (Å²) in [5, 5.41) is 11.0. The molecule has 0 saturated heterocycles. The fourth-order valence-corrected chi connectivity index (χ4v) is 4.12. The van der Waals surface area contributed by atoms with Crippen LogP contribution in [0.1, 0.15) is 18.5 Å². The van der Waals surface area contributed by atoms with E-state index in [-0.39, 0.29) is 5.91 Å². The van der Waals surface area contributed by atoms with Crippen molar-refractivity contribution in [3.05, 3.63) is 89.9 Å². The van der Waals surface area contributed by atoms with Gasteiger partial charge >= 0.3 is 0 Å². The molecule has 0 saturated carbocycles. The van der Waals surface area contributed by atoms with Gasteiger partial charge in [-0.05, 0) is 36.8 Å². The van der Waals surface area contributed by atoms with Crippen molar-refractivity contribution in [2.24, 2.45) is 0 Å². The Balaban J connectivity index is 1.63. The molecular weight excluding hydrogens is 444 g/mol. The topological polar surface area (TPSA) is 103 Å². The molecule has 0 radical (unpaired) electrons. The first kappa shape index (κ1) is 22.1. The third-order valence-corrected chi connectivity index (χ3v) is 5.77. The van der Waals surface area contributed by atoms with Crippen molar-refractivity contribution in [3.8, 4) is 22.9 Å². The summed E-state index contributed by atoms with van der Waals surface area (Å²) in [5.41, 5.74) is 3.44. The van der Waals surface area contributed by atoms with Gasteiger partial charge in [0.25, 0.3) is 5.91 Å². The second-order valence-electron chi connectivity index (χ2n) is 7.95. The van der Waals surface area contributed by atoms with E-state index in [0.717, 1.165) is 11.1 Å². The molecule has 2 aromatic heterocycles. The molecule has 35 heavy (non-hydrogen) atoms. The lowest BCUT2D eigenvalue weighted by Gasteiger charge is -2.29. The molecule has 4 aromatic rings. The Hall–Kier alpha value is -4.66. The molecule has 2 N–H and O–H groups in total. The standard InChI is InChI=1S/C26H24N6O3/c1-16-22(25(33)29-19-10-7-13-27-15-19)23(18-11-12-20(34-2)21(14-18)35-3)32-26(28-16)30-24(31-32)17-8-5-4-6-9-17/h4-15,23H,1-3H3,(H,29,33)(H,28,30,31)/t23-/m1/s1. The number of pyridine rings is 1. The van der Waals surface area contributed by atoms with Gasteiger partial charge in [0, 0.05) is 17.5 Å². The van der Waals surface area contributed by atoms with Crippen molar-refractivity contribution in [1.29, 1.82) is 0 Å². The van der Waals surface area contributed by atoms with E-state index in [1.807, 2.05) is 55.5 Å². The minimum atomic E-state index is -0.562. The number of benzene rings is 2. The Morgan fingerprint density at radius 1 is 1.03 bits per heavy atom. The number of aromatic nitrogens is 4. The predicted octanol–water partition coefficient (Wildman–Crippen LogP) is 4.28. The largest absolute Gasteiger partial charge is 0.493 e. The number of nitrogens with one attached hydrogen (secondary N) is 2. The van der Waals surface area contributed by atoms with E-state index in [4.69, 9.17) is 19.6 Å². The van der Waals surface area contributed by atoms with Crippen molar-refractivity contribution in [2.75, 3.05) is 24.9 Å². The van der Waals surface area contributed by atoms with Gasteiger partial charge in [-0.15, -0.1) is 5.10 Å². The van der Waals surface area contributed by atoms with Gasteiger partial charge < -0.3 is 20.1 Å². The van der Waals surface area contributed by atoms with Crippen molar-refractivity contribution >= 4 is 17.5 Å². The van der Waals surface area contributed by atoms with Gasteiger partial charge in [-0.3, -0.25) is 9.78 Å². The van der Waals surface area contributed by atoms with Crippen molar-refractivity contribution in [3.63, 3.8) is 0 Å². The summed E-state index contributed by atoms with van der Waals surface area (Å²) in [6.07, 6.45) is 3.26. The minimum Gasteiger partial charge on any atom is -0.493 e. The molecule has 0 aliphatic carbocycles. The molecule has 0 fully saturated rings. The van der Waals surface area contributed by atoms with Gasteiger partial charge in [0.15, 0.2) is 17.3 Å². The maximum atomic E-state index is 13.6. The quantitative estimate of drug-likeness (QED) is 0.435. The van der Waals surface area contributed by atoms with E-state index in [0.29, 0.717) is 40.2 Å². The lowest BCUT2D eigenvalue weighted by molar-refractivity contribution is -0.113. The lowest BCUT2D eigenvalue weighted by Crippen LogP contribution is -2.31. The Morgan fingerprint density at radius 2 is 1.83 bits per heavy atom. The fraction of sp³-hybridized carbons (Fsp3) is 0.154. The second-order valence-corrected chi connectivity index (χ2v) is 7.95. The van der Waals surface area contributed by atoms with Crippen LogP contribution >= 0.6 is 0 Å². The summed E-state index contributed by atoms with van der Waals surface area (Å²) in [7, 11) is 3.16. The van der Waals surface area contributed by atoms with Gasteiger partial charge in [0.05, 0.1) is 31.7 Å². The molecule has 0 spiro atoms. The highest BCUT2D eigenvalue weighted by atomic mass is 16.5. The van der Waals surface area contributed by atoms with Gasteiger partial charge in [0.1, 0.15) is 6.04 Å². The highest BCUT2D eigenvalue weighted by Gasteiger charge is 2.35. The number of hydrogen-bond acceptors (Lipinski definition) is 7. The van der Waals surface area contributed by atoms with Crippen LogP contribution in [0.15, 0.2) is 84.3 Å². The summed E-state index contributed by atoms with van der Waals surface area (Å²) in [4.78, 5) is 22.4. The molecule has 1 aliphatic heterocycles. The first-order chi connectivity index (χ1) is 17.1. The van der Waals surface area contributed by atoms with Crippen molar-refractivity contribution in [2.45, 2.75) is 13.0 Å². The lowest BCUT2D eigenvalue weighted by atomic mass is 9.94. The number of anilines is 2. The molecule has 9 heteroatoms. The van der Waals surface area contributed by atoms with Gasteiger partial charge in [-0.1, -0.05) is 36.4 Å². The van der Waals surface area contributed by atoms with Gasteiger partial charge in [-0.2, -0.15) is 4.98 Å². The molecular formula is C26H24N6O3. The summed E-state index contributed by atoms with van der Waals surface area (Å²) >= 11 is 0. The van der Waals surface area contributed by atoms with Crippen LogP contribution in [0.4, 0.5) is 11.6 Å². The number of rotatable bonds is 6. The number of nitrogens with zero attached hydrogens (tertiary/aromatic N) is 4. The van der Waals surface area contributed by atoms with Crippen LogP contribution in [0.2, 0.25) is 0 Å². The van der Waals surface area contributed by atoms with Crippen LogP contribution in [0.3, 0.4) is 0 Å². The number of carbonyl (C=O) groups excluding carboxylic acids is 1. The summed E-state index contributed by atoms with van der Waals surface area (Å²) < 4.78 is 12.7. The molecule has 5 rings (SSSR count).